The van der Waals surface area contributed by atoms with Crippen molar-refractivity contribution in [3.63, 3.8) is 0 Å². The first-order chi connectivity index (χ1) is 20.5. The summed E-state index contributed by atoms with van der Waals surface area (Å²) in [4.78, 5) is 36.8. The first-order valence-corrected chi connectivity index (χ1v) is 13.8. The highest BCUT2D eigenvalue weighted by Crippen LogP contribution is 2.42. The molecule has 3 atom stereocenters. The molecule has 9 nitrogen and oxygen atoms in total. The van der Waals surface area contributed by atoms with E-state index in [1.54, 1.807) is 19.2 Å². The number of benzene rings is 1. The molecule has 3 aromatic rings. The van der Waals surface area contributed by atoms with Gasteiger partial charge in [0.05, 0.1) is 18.1 Å². The molecule has 242 valence electrons. The number of nitrogens with one attached hydrogen (secondary N) is 3. The van der Waals surface area contributed by atoms with Crippen LogP contribution < -0.4 is 10.6 Å². The van der Waals surface area contributed by atoms with E-state index in [1.807, 2.05) is 0 Å². The lowest BCUT2D eigenvalue weighted by atomic mass is 9.81. The number of aromatic amines is 1. The number of hydrogen-bond donors (Lipinski definition) is 3. The van der Waals surface area contributed by atoms with Crippen LogP contribution >= 0.6 is 0 Å². The molecular formula is C27H31F8N7O2. The molecule has 1 aromatic carbocycles. The van der Waals surface area contributed by atoms with Crippen molar-refractivity contribution in [1.82, 2.24) is 35.4 Å². The zero-order valence-electron chi connectivity index (χ0n) is 23.9. The number of amides is 2. The van der Waals surface area contributed by atoms with Gasteiger partial charge in [-0.25, -0.2) is 49.8 Å². The number of carbonyl (C=O) groups excluding carboxylic acids is 2. The summed E-state index contributed by atoms with van der Waals surface area (Å²) in [5.41, 5.74) is -1.43. The summed E-state index contributed by atoms with van der Waals surface area (Å²) in [6, 6.07) is 0.639. The predicted molar refractivity (Wildman–Crippen MR) is 141 cm³/mol. The molecule has 0 bridgehead atoms. The third-order valence-corrected chi connectivity index (χ3v) is 7.47. The molecule has 3 N–H and O–H groups in total. The first-order valence-electron chi connectivity index (χ1n) is 13.8. The number of fused-ring (bicyclic) bond motifs is 1. The Morgan fingerprint density at radius 2 is 1.82 bits per heavy atom. The molecule has 4 rings (SSSR count). The Kier molecular flexibility index (Phi) is 9.54. The van der Waals surface area contributed by atoms with Gasteiger partial charge in [-0.3, -0.25) is 9.59 Å². The van der Waals surface area contributed by atoms with Crippen molar-refractivity contribution in [2.24, 2.45) is 5.92 Å². The van der Waals surface area contributed by atoms with Gasteiger partial charge < -0.3 is 15.6 Å². The number of nitrogens with zero attached hydrogens (tertiary/aromatic N) is 4. The third kappa shape index (κ3) is 7.29. The van der Waals surface area contributed by atoms with Crippen molar-refractivity contribution in [2.45, 2.75) is 88.9 Å². The maximum absolute atomic E-state index is 15.8. The van der Waals surface area contributed by atoms with Crippen molar-refractivity contribution in [3.05, 3.63) is 41.5 Å². The Balaban J connectivity index is 1.73. The average molecular weight is 638 g/mol. The third-order valence-electron chi connectivity index (χ3n) is 7.47. The normalized spacial score (nSPS) is 18.0. The van der Waals surface area contributed by atoms with Gasteiger partial charge in [0.2, 0.25) is 17.7 Å². The zero-order chi connectivity index (χ0) is 32.6. The Morgan fingerprint density at radius 1 is 1.16 bits per heavy atom. The van der Waals surface area contributed by atoms with Gasteiger partial charge in [0, 0.05) is 31.4 Å². The lowest BCUT2D eigenvalue weighted by Gasteiger charge is -2.33. The van der Waals surface area contributed by atoms with Crippen LogP contribution in [0.25, 0.3) is 11.0 Å². The van der Waals surface area contributed by atoms with Crippen LogP contribution in [0.2, 0.25) is 0 Å². The molecule has 2 amide bonds. The van der Waals surface area contributed by atoms with E-state index in [2.05, 4.69) is 25.4 Å². The summed E-state index contributed by atoms with van der Waals surface area (Å²) in [5, 5.41) is 8.39. The van der Waals surface area contributed by atoms with Gasteiger partial charge in [0.25, 0.3) is 18.3 Å². The fourth-order valence-electron chi connectivity index (χ4n) is 5.22. The summed E-state index contributed by atoms with van der Waals surface area (Å²) in [6.45, 7) is 2.64. The molecule has 0 spiro atoms. The molecule has 0 radical (unpaired) electrons. The van der Waals surface area contributed by atoms with Crippen LogP contribution in [0.3, 0.4) is 0 Å². The molecule has 0 saturated heterocycles. The monoisotopic (exact) mass is 637 g/mol. The van der Waals surface area contributed by atoms with E-state index in [0.717, 1.165) is 18.5 Å². The summed E-state index contributed by atoms with van der Waals surface area (Å²) >= 11 is 0. The smallest absolute Gasteiger partial charge is 0.289 e. The fraction of sp³-hybridized carbons (Fsp3) is 0.593. The lowest BCUT2D eigenvalue weighted by molar-refractivity contribution is -0.127. The van der Waals surface area contributed by atoms with Gasteiger partial charge in [-0.2, -0.15) is 5.10 Å². The highest BCUT2D eigenvalue weighted by molar-refractivity contribution is 5.91. The Morgan fingerprint density at radius 3 is 2.41 bits per heavy atom. The molecule has 2 unspecified atom stereocenters. The van der Waals surface area contributed by atoms with Crippen molar-refractivity contribution < 1.29 is 44.7 Å². The molecule has 17 heteroatoms. The quantitative estimate of drug-likeness (QED) is 0.236. The van der Waals surface area contributed by atoms with Crippen LogP contribution in [0, 0.1) is 11.7 Å². The number of aromatic nitrogens is 5. The topological polar surface area (TPSA) is 118 Å². The molecule has 1 aliphatic rings. The van der Waals surface area contributed by atoms with Crippen LogP contribution in [0.5, 0.6) is 0 Å². The maximum atomic E-state index is 15.8. The van der Waals surface area contributed by atoms with Gasteiger partial charge in [-0.1, -0.05) is 6.07 Å². The summed E-state index contributed by atoms with van der Waals surface area (Å²) in [5.74, 6) is -13.3. The van der Waals surface area contributed by atoms with Crippen LogP contribution in [-0.2, 0) is 4.79 Å². The largest absolute Gasteiger partial charge is 0.349 e. The van der Waals surface area contributed by atoms with E-state index in [9.17, 15) is 40.3 Å². The summed E-state index contributed by atoms with van der Waals surface area (Å²) < 4.78 is 113. The van der Waals surface area contributed by atoms with Gasteiger partial charge in [0.15, 0.2) is 12.0 Å². The van der Waals surface area contributed by atoms with Crippen LogP contribution in [0.1, 0.15) is 86.5 Å². The molecule has 0 aliphatic heterocycles. The van der Waals surface area contributed by atoms with Crippen molar-refractivity contribution in [3.8, 4) is 0 Å². The van der Waals surface area contributed by atoms with E-state index < -0.39 is 90.4 Å². The van der Waals surface area contributed by atoms with Crippen molar-refractivity contribution in [2.75, 3.05) is 6.54 Å². The minimum Gasteiger partial charge on any atom is -0.349 e. The molecule has 1 saturated carbocycles. The highest BCUT2D eigenvalue weighted by atomic mass is 19.3. The van der Waals surface area contributed by atoms with Gasteiger partial charge in [-0.05, 0) is 38.7 Å². The van der Waals surface area contributed by atoms with Crippen LogP contribution in [-0.4, -0.2) is 67.5 Å². The molecule has 1 fully saturated rings. The second kappa shape index (κ2) is 12.7. The van der Waals surface area contributed by atoms with Crippen molar-refractivity contribution >= 4 is 22.8 Å². The Hall–Kier alpha value is -3.79. The van der Waals surface area contributed by atoms with Gasteiger partial charge >= 0.3 is 0 Å². The number of hydrogen-bond acceptors (Lipinski definition) is 5. The molecule has 44 heavy (non-hydrogen) atoms. The number of H-pyrrole nitrogens is 1. The molecular weight excluding hydrogens is 606 g/mol. The first kappa shape index (κ1) is 33.1. The van der Waals surface area contributed by atoms with E-state index in [4.69, 9.17) is 0 Å². The second-order valence-corrected chi connectivity index (χ2v) is 11.3. The average Bonchev–Trinajstić information content (AvgIpc) is 3.60. The van der Waals surface area contributed by atoms with E-state index in [0.29, 0.717) is 6.92 Å². The van der Waals surface area contributed by atoms with E-state index in [-0.39, 0.29) is 36.0 Å². The van der Waals surface area contributed by atoms with Crippen molar-refractivity contribution in [1.29, 1.82) is 0 Å². The number of carbonyl (C=O) groups is 2. The van der Waals surface area contributed by atoms with Gasteiger partial charge in [0.1, 0.15) is 23.6 Å². The van der Waals surface area contributed by atoms with Crippen LogP contribution in [0.4, 0.5) is 35.1 Å². The zero-order valence-corrected chi connectivity index (χ0v) is 23.9. The van der Waals surface area contributed by atoms with E-state index in [1.165, 1.54) is 4.68 Å². The second-order valence-electron chi connectivity index (χ2n) is 11.3. The fourth-order valence-corrected chi connectivity index (χ4v) is 5.22. The SMILES string of the molecule is CC(C)n1ncnc1C(=O)N[C@H](c1nc2c(F)c(C(C(=O)NCC(C)(F)F)C(F)C(F)F)ccc2[nH]1)C1CCC(F)(F)CC1. The maximum Gasteiger partial charge on any atom is 0.289 e. The van der Waals surface area contributed by atoms with Crippen LogP contribution in [0.15, 0.2) is 18.5 Å². The van der Waals surface area contributed by atoms with E-state index >= 15 is 4.39 Å². The Labute approximate surface area is 246 Å². The minimum absolute atomic E-state index is 0.0399. The summed E-state index contributed by atoms with van der Waals surface area (Å²) in [7, 11) is 0. The molecule has 1 aliphatic carbocycles. The number of halogens is 8. The predicted octanol–water partition coefficient (Wildman–Crippen LogP) is 5.63. The number of alkyl halides is 7. The standard InChI is InChI=1S/C27H31F8N7O2/c1-12(2)42-23(37-11-38-42)25(44)41-19(13-6-8-27(34,35)9-7-13)22-39-15-5-4-14(17(28)20(15)40-22)16(18(29)21(30)31)24(43)36-10-26(3,32)33/h4-5,11-13,16,18-19,21H,6-10H2,1-3H3,(H,36,43)(H,39,40)(H,41,44)/t16?,18?,19-/m0/s1. The lowest BCUT2D eigenvalue weighted by Crippen LogP contribution is -2.41. The Bertz CT molecular complexity index is 1480. The minimum atomic E-state index is -3.75. The molecule has 2 heterocycles. The van der Waals surface area contributed by atoms with Gasteiger partial charge in [-0.15, -0.1) is 0 Å². The number of imidazole rings is 1. The molecule has 2 aromatic heterocycles. The highest BCUT2D eigenvalue weighted by Gasteiger charge is 2.42. The summed E-state index contributed by atoms with van der Waals surface area (Å²) in [6.07, 6.45) is -6.89. The number of rotatable bonds is 11.